The highest BCUT2D eigenvalue weighted by atomic mass is 16.5. The molecule has 4 aromatic rings. The first-order chi connectivity index (χ1) is 16.0. The molecule has 6 nitrogen and oxygen atoms in total. The molecule has 0 saturated carbocycles. The molecule has 2 aromatic carbocycles. The lowest BCUT2D eigenvalue weighted by molar-refractivity contribution is 0.0992. The molecule has 2 heterocycles. The summed E-state index contributed by atoms with van der Waals surface area (Å²) in [7, 11) is 0. The fourth-order valence-corrected chi connectivity index (χ4v) is 4.23. The summed E-state index contributed by atoms with van der Waals surface area (Å²) in [4.78, 5) is 12.7. The minimum absolute atomic E-state index is 0.230. The number of amides is 1. The monoisotopic (exact) mass is 441 g/mol. The normalized spacial score (nSPS) is 12.5. The van der Waals surface area contributed by atoms with Crippen LogP contribution in [0, 0.1) is 13.8 Å². The van der Waals surface area contributed by atoms with Crippen LogP contribution in [0.15, 0.2) is 65.1 Å². The molecule has 0 atom stereocenters. The Morgan fingerprint density at radius 3 is 2.79 bits per heavy atom. The molecule has 0 radical (unpaired) electrons. The minimum Gasteiger partial charge on any atom is -0.486 e. The van der Waals surface area contributed by atoms with Crippen molar-refractivity contribution in [2.75, 3.05) is 5.32 Å². The highest BCUT2D eigenvalue weighted by Crippen LogP contribution is 2.26. The number of nitrogens with one attached hydrogen (secondary N) is 1. The molecule has 168 valence electrons. The van der Waals surface area contributed by atoms with Gasteiger partial charge in [0, 0.05) is 11.8 Å². The SMILES string of the molecule is Cc1ccccc1Cn1nc(NC(=O)c2ccc(COc3ccc4c(c3)CCC4)o2)cc1C. The predicted octanol–water partition coefficient (Wildman–Crippen LogP) is 5.46. The Labute approximate surface area is 193 Å². The van der Waals surface area contributed by atoms with Gasteiger partial charge in [0.2, 0.25) is 0 Å². The van der Waals surface area contributed by atoms with Gasteiger partial charge in [-0.25, -0.2) is 0 Å². The number of aromatic nitrogens is 2. The summed E-state index contributed by atoms with van der Waals surface area (Å²) in [5, 5.41) is 7.37. The number of benzene rings is 2. The maximum Gasteiger partial charge on any atom is 0.292 e. The third-order valence-corrected chi connectivity index (χ3v) is 6.14. The van der Waals surface area contributed by atoms with Gasteiger partial charge in [-0.3, -0.25) is 9.48 Å². The van der Waals surface area contributed by atoms with Crippen LogP contribution in [0.1, 0.15) is 50.7 Å². The molecule has 6 heteroatoms. The van der Waals surface area contributed by atoms with Gasteiger partial charge >= 0.3 is 0 Å². The molecule has 0 unspecified atom stereocenters. The van der Waals surface area contributed by atoms with Crippen LogP contribution in [0.5, 0.6) is 5.75 Å². The number of ether oxygens (including phenoxy) is 1. The van der Waals surface area contributed by atoms with Crippen LogP contribution in [-0.2, 0) is 26.0 Å². The molecule has 1 aliphatic rings. The van der Waals surface area contributed by atoms with Crippen molar-refractivity contribution >= 4 is 11.7 Å². The molecule has 0 fully saturated rings. The molecule has 0 spiro atoms. The number of carbonyl (C=O) groups is 1. The number of anilines is 1. The van der Waals surface area contributed by atoms with Crippen molar-refractivity contribution in [1.29, 1.82) is 0 Å². The quantitative estimate of drug-likeness (QED) is 0.413. The largest absolute Gasteiger partial charge is 0.486 e. The van der Waals surface area contributed by atoms with Crippen molar-refractivity contribution in [3.63, 3.8) is 0 Å². The Bertz CT molecular complexity index is 1300. The van der Waals surface area contributed by atoms with Crippen molar-refractivity contribution < 1.29 is 13.9 Å². The first kappa shape index (κ1) is 21.1. The summed E-state index contributed by atoms with van der Waals surface area (Å²) in [5.74, 6) is 1.82. The standard InChI is InChI=1S/C27H27N3O3/c1-18-6-3-4-7-22(18)16-30-19(2)14-26(29-30)28-27(31)25-13-12-24(33-25)17-32-23-11-10-20-8-5-9-21(20)15-23/h3-4,6-7,10-15H,5,8-9,16-17H2,1-2H3,(H,28,29,31). The zero-order valence-electron chi connectivity index (χ0n) is 18.9. The fraction of sp³-hybridized carbons (Fsp3) is 0.259. The Balaban J connectivity index is 1.20. The van der Waals surface area contributed by atoms with E-state index in [0.29, 0.717) is 18.1 Å². The first-order valence-corrected chi connectivity index (χ1v) is 11.3. The second-order valence-electron chi connectivity index (χ2n) is 8.55. The van der Waals surface area contributed by atoms with E-state index in [1.807, 2.05) is 35.9 Å². The van der Waals surface area contributed by atoms with Crippen LogP contribution in [0.25, 0.3) is 0 Å². The predicted molar refractivity (Wildman–Crippen MR) is 127 cm³/mol. The summed E-state index contributed by atoms with van der Waals surface area (Å²) in [5.41, 5.74) is 6.15. The van der Waals surface area contributed by atoms with Crippen LogP contribution in [-0.4, -0.2) is 15.7 Å². The van der Waals surface area contributed by atoms with Gasteiger partial charge in [0.1, 0.15) is 18.1 Å². The number of nitrogens with zero attached hydrogens (tertiary/aromatic N) is 2. The van der Waals surface area contributed by atoms with Crippen LogP contribution < -0.4 is 10.1 Å². The van der Waals surface area contributed by atoms with Crippen molar-refractivity contribution in [2.45, 2.75) is 46.3 Å². The molecule has 33 heavy (non-hydrogen) atoms. The van der Waals surface area contributed by atoms with Crippen molar-refractivity contribution in [3.8, 4) is 5.75 Å². The fourth-order valence-electron chi connectivity index (χ4n) is 4.23. The summed E-state index contributed by atoms with van der Waals surface area (Å²) < 4.78 is 13.5. The lowest BCUT2D eigenvalue weighted by atomic mass is 10.1. The van der Waals surface area contributed by atoms with Crippen molar-refractivity contribution in [3.05, 3.63) is 100 Å². The zero-order valence-corrected chi connectivity index (χ0v) is 18.9. The maximum atomic E-state index is 12.7. The average molecular weight is 442 g/mol. The molecule has 2 aromatic heterocycles. The van der Waals surface area contributed by atoms with E-state index in [-0.39, 0.29) is 18.3 Å². The first-order valence-electron chi connectivity index (χ1n) is 11.3. The summed E-state index contributed by atoms with van der Waals surface area (Å²) in [6.45, 7) is 4.98. The van der Waals surface area contributed by atoms with Crippen LogP contribution in [0.3, 0.4) is 0 Å². The smallest absolute Gasteiger partial charge is 0.292 e. The third-order valence-electron chi connectivity index (χ3n) is 6.14. The number of hydrogen-bond donors (Lipinski definition) is 1. The van der Waals surface area contributed by atoms with Gasteiger partial charge in [0.15, 0.2) is 11.6 Å². The number of fused-ring (bicyclic) bond motifs is 1. The summed E-state index contributed by atoms with van der Waals surface area (Å²) in [6.07, 6.45) is 3.47. The lowest BCUT2D eigenvalue weighted by Crippen LogP contribution is -2.12. The molecule has 1 N–H and O–H groups in total. The van der Waals surface area contributed by atoms with E-state index in [2.05, 4.69) is 41.6 Å². The van der Waals surface area contributed by atoms with E-state index in [9.17, 15) is 4.79 Å². The number of aryl methyl sites for hydroxylation is 4. The lowest BCUT2D eigenvalue weighted by Gasteiger charge is -2.07. The molecular weight excluding hydrogens is 414 g/mol. The van der Waals surface area contributed by atoms with Crippen molar-refractivity contribution in [2.24, 2.45) is 0 Å². The third kappa shape index (κ3) is 4.70. The van der Waals surface area contributed by atoms with Crippen molar-refractivity contribution in [1.82, 2.24) is 9.78 Å². The summed E-state index contributed by atoms with van der Waals surface area (Å²) in [6, 6.07) is 19.7. The van der Waals surface area contributed by atoms with Gasteiger partial charge in [-0.2, -0.15) is 5.10 Å². The second kappa shape index (κ2) is 8.98. The van der Waals surface area contributed by atoms with E-state index in [1.165, 1.54) is 28.7 Å². The van der Waals surface area contributed by atoms with E-state index in [4.69, 9.17) is 9.15 Å². The van der Waals surface area contributed by atoms with E-state index >= 15 is 0 Å². The number of rotatable bonds is 7. The van der Waals surface area contributed by atoms with Crippen LogP contribution in [0.2, 0.25) is 0 Å². The zero-order chi connectivity index (χ0) is 22.8. The number of hydrogen-bond acceptors (Lipinski definition) is 4. The van der Waals surface area contributed by atoms with E-state index in [1.54, 1.807) is 12.1 Å². The van der Waals surface area contributed by atoms with Gasteiger partial charge in [0.05, 0.1) is 6.54 Å². The molecule has 1 amide bonds. The minimum atomic E-state index is -0.334. The van der Waals surface area contributed by atoms with Crippen LogP contribution in [0.4, 0.5) is 5.82 Å². The molecule has 5 rings (SSSR count). The van der Waals surface area contributed by atoms with Gasteiger partial charge in [-0.15, -0.1) is 0 Å². The van der Waals surface area contributed by atoms with Crippen LogP contribution >= 0.6 is 0 Å². The Morgan fingerprint density at radius 1 is 1.06 bits per heavy atom. The molecular formula is C27H27N3O3. The van der Waals surface area contributed by atoms with E-state index < -0.39 is 0 Å². The maximum absolute atomic E-state index is 12.7. The topological polar surface area (TPSA) is 69.3 Å². The second-order valence-corrected chi connectivity index (χ2v) is 8.55. The van der Waals surface area contributed by atoms with E-state index in [0.717, 1.165) is 24.3 Å². The van der Waals surface area contributed by atoms with Gasteiger partial charge in [-0.05, 0) is 79.6 Å². The Kier molecular flexibility index (Phi) is 5.73. The Hall–Kier alpha value is -3.80. The highest BCUT2D eigenvalue weighted by Gasteiger charge is 2.15. The summed E-state index contributed by atoms with van der Waals surface area (Å²) >= 11 is 0. The molecule has 1 aliphatic carbocycles. The number of carbonyl (C=O) groups excluding carboxylic acids is 1. The molecule has 0 aliphatic heterocycles. The average Bonchev–Trinajstić information content (AvgIpc) is 3.54. The molecule has 0 saturated heterocycles. The van der Waals surface area contributed by atoms with Gasteiger partial charge in [-0.1, -0.05) is 30.3 Å². The van der Waals surface area contributed by atoms with Gasteiger partial charge in [0.25, 0.3) is 5.91 Å². The highest BCUT2D eigenvalue weighted by molar-refractivity contribution is 6.01. The van der Waals surface area contributed by atoms with Gasteiger partial charge < -0.3 is 14.5 Å². The Morgan fingerprint density at radius 2 is 1.91 bits per heavy atom. The molecule has 0 bridgehead atoms. The number of furan rings is 1.